The zero-order valence-electron chi connectivity index (χ0n) is 9.87. The minimum Gasteiger partial charge on any atom is -0.383 e. The monoisotopic (exact) mass is 240 g/mol. The van der Waals surface area contributed by atoms with E-state index in [-0.39, 0.29) is 5.91 Å². The number of hydrogen-bond acceptors (Lipinski definition) is 3. The molecule has 0 aliphatic rings. The van der Waals surface area contributed by atoms with Crippen LogP contribution in [-0.4, -0.2) is 20.3 Å². The lowest BCUT2D eigenvalue weighted by molar-refractivity contribution is 0.0948. The summed E-state index contributed by atoms with van der Waals surface area (Å²) < 4.78 is 3.17. The van der Waals surface area contributed by atoms with Gasteiger partial charge in [-0.15, -0.1) is 0 Å². The minimum absolute atomic E-state index is 0.222. The van der Waals surface area contributed by atoms with Crippen molar-refractivity contribution in [1.29, 1.82) is 0 Å². The molecule has 5 heteroatoms. The summed E-state index contributed by atoms with van der Waals surface area (Å²) in [4.78, 5) is 12.2. The Morgan fingerprint density at radius 2 is 2.11 bits per heavy atom. The molecule has 0 radical (unpaired) electrons. The third-order valence-corrected chi connectivity index (χ3v) is 3.00. The number of nitrogens with two attached hydrogens (primary N) is 1. The largest absolute Gasteiger partial charge is 0.383 e. The van der Waals surface area contributed by atoms with Crippen molar-refractivity contribution in [2.75, 3.05) is 5.73 Å². The molecule has 1 aromatic carbocycles. The molecule has 0 fully saturated rings. The molecule has 0 aliphatic heterocycles. The number of carbonyl (C=O) groups excluding carboxylic acids is 1. The summed E-state index contributed by atoms with van der Waals surface area (Å²) in [5.74, 6) is 0.118. The first kappa shape index (κ1) is 10.6. The number of anilines is 1. The zero-order valence-corrected chi connectivity index (χ0v) is 9.87. The molecule has 90 valence electrons. The Labute approximate surface area is 103 Å². The van der Waals surface area contributed by atoms with Crippen molar-refractivity contribution >= 4 is 22.6 Å². The van der Waals surface area contributed by atoms with Gasteiger partial charge >= 0.3 is 0 Å². The summed E-state index contributed by atoms with van der Waals surface area (Å²) in [6.45, 7) is 0. The van der Waals surface area contributed by atoms with E-state index in [1.807, 2.05) is 36.0 Å². The number of fused-ring (bicyclic) bond motifs is 1. The van der Waals surface area contributed by atoms with Gasteiger partial charge in [0.05, 0.1) is 6.20 Å². The molecule has 0 saturated heterocycles. The Kier molecular flexibility index (Phi) is 2.19. The van der Waals surface area contributed by atoms with Crippen LogP contribution in [0.25, 0.3) is 10.9 Å². The molecule has 0 atom stereocenters. The number of benzene rings is 1. The summed E-state index contributed by atoms with van der Waals surface area (Å²) >= 11 is 0. The molecule has 0 aliphatic carbocycles. The molecule has 18 heavy (non-hydrogen) atoms. The highest BCUT2D eigenvalue weighted by atomic mass is 16.2. The molecule has 0 saturated carbocycles. The topological polar surface area (TPSA) is 65.8 Å². The number of aromatic nitrogens is 3. The van der Waals surface area contributed by atoms with Gasteiger partial charge < -0.3 is 10.3 Å². The Bertz CT molecular complexity index is 738. The Hall–Kier alpha value is -2.56. The van der Waals surface area contributed by atoms with Crippen LogP contribution in [0.15, 0.2) is 42.7 Å². The van der Waals surface area contributed by atoms with E-state index in [0.717, 1.165) is 10.9 Å². The first-order chi connectivity index (χ1) is 8.66. The van der Waals surface area contributed by atoms with E-state index < -0.39 is 0 Å². The number of nitrogen functional groups attached to an aromatic ring is 1. The maximum absolute atomic E-state index is 12.2. The predicted octanol–water partition coefficient (Wildman–Crippen LogP) is 1.65. The number of carbonyl (C=O) groups is 1. The number of rotatable bonds is 1. The maximum Gasteiger partial charge on any atom is 0.280 e. The molecule has 0 bridgehead atoms. The first-order valence-electron chi connectivity index (χ1n) is 5.56. The van der Waals surface area contributed by atoms with Crippen LogP contribution in [0, 0.1) is 0 Å². The molecule has 5 nitrogen and oxygen atoms in total. The van der Waals surface area contributed by atoms with E-state index in [0.29, 0.717) is 11.4 Å². The molecule has 3 aromatic rings. The summed E-state index contributed by atoms with van der Waals surface area (Å²) in [5, 5.41) is 5.02. The smallest absolute Gasteiger partial charge is 0.280 e. The third-order valence-electron chi connectivity index (χ3n) is 3.00. The van der Waals surface area contributed by atoms with Gasteiger partial charge in [-0.1, -0.05) is 6.07 Å². The van der Waals surface area contributed by atoms with Crippen LogP contribution in [0.3, 0.4) is 0 Å². The van der Waals surface area contributed by atoms with Crippen LogP contribution < -0.4 is 5.73 Å². The third kappa shape index (κ3) is 1.48. The Balaban J connectivity index is 2.12. The van der Waals surface area contributed by atoms with Crippen LogP contribution in [0.5, 0.6) is 0 Å². The van der Waals surface area contributed by atoms with Gasteiger partial charge in [-0.3, -0.25) is 4.79 Å². The standard InChI is InChI=1S/C13H12N4O/c1-16-7-5-9-2-3-10(8-11(9)16)13(18)17-12(14)4-6-15-17/h2-8H,14H2,1H3. The van der Waals surface area contributed by atoms with Gasteiger partial charge in [0, 0.05) is 30.4 Å². The molecule has 0 spiro atoms. The van der Waals surface area contributed by atoms with Gasteiger partial charge in [-0.05, 0) is 23.6 Å². The minimum atomic E-state index is -0.222. The second-order valence-electron chi connectivity index (χ2n) is 4.17. The van der Waals surface area contributed by atoms with Crippen molar-refractivity contribution in [2.24, 2.45) is 7.05 Å². The molecule has 0 amide bonds. The maximum atomic E-state index is 12.2. The average molecular weight is 240 g/mol. The SMILES string of the molecule is Cn1ccc2ccc(C(=O)n3nccc3N)cc21. The van der Waals surface area contributed by atoms with E-state index >= 15 is 0 Å². The number of nitrogens with zero attached hydrogens (tertiary/aromatic N) is 3. The van der Waals surface area contributed by atoms with E-state index in [4.69, 9.17) is 5.73 Å². The van der Waals surface area contributed by atoms with Crippen molar-refractivity contribution in [3.63, 3.8) is 0 Å². The summed E-state index contributed by atoms with van der Waals surface area (Å²) in [7, 11) is 1.94. The average Bonchev–Trinajstić information content (AvgIpc) is 2.95. The van der Waals surface area contributed by atoms with Crippen LogP contribution in [0.4, 0.5) is 5.82 Å². The van der Waals surface area contributed by atoms with Gasteiger partial charge in [0.15, 0.2) is 0 Å². The molecule has 2 aromatic heterocycles. The number of aryl methyl sites for hydroxylation is 1. The molecular formula is C13H12N4O. The number of hydrogen-bond donors (Lipinski definition) is 1. The lowest BCUT2D eigenvalue weighted by atomic mass is 10.1. The Morgan fingerprint density at radius 3 is 2.83 bits per heavy atom. The fourth-order valence-electron chi connectivity index (χ4n) is 2.00. The van der Waals surface area contributed by atoms with Crippen LogP contribution in [0.1, 0.15) is 10.4 Å². The van der Waals surface area contributed by atoms with Gasteiger partial charge in [-0.2, -0.15) is 9.78 Å². The van der Waals surface area contributed by atoms with Gasteiger partial charge in [0.25, 0.3) is 5.91 Å². The summed E-state index contributed by atoms with van der Waals surface area (Å²) in [6.07, 6.45) is 3.47. The van der Waals surface area contributed by atoms with E-state index in [1.54, 1.807) is 12.1 Å². The molecule has 2 N–H and O–H groups in total. The van der Waals surface area contributed by atoms with Crippen molar-refractivity contribution in [3.8, 4) is 0 Å². The lowest BCUT2D eigenvalue weighted by Gasteiger charge is -2.04. The highest BCUT2D eigenvalue weighted by Gasteiger charge is 2.12. The summed E-state index contributed by atoms with van der Waals surface area (Å²) in [6, 6.07) is 9.15. The van der Waals surface area contributed by atoms with Crippen molar-refractivity contribution in [2.45, 2.75) is 0 Å². The normalized spacial score (nSPS) is 10.9. The fourth-order valence-corrected chi connectivity index (χ4v) is 2.00. The summed E-state index contributed by atoms with van der Waals surface area (Å²) in [5.41, 5.74) is 7.25. The second kappa shape index (κ2) is 3.73. The van der Waals surface area contributed by atoms with E-state index in [2.05, 4.69) is 5.10 Å². The predicted molar refractivity (Wildman–Crippen MR) is 69.3 cm³/mol. The second-order valence-corrected chi connectivity index (χ2v) is 4.17. The van der Waals surface area contributed by atoms with Crippen molar-refractivity contribution in [3.05, 3.63) is 48.3 Å². The van der Waals surface area contributed by atoms with Gasteiger partial charge in [-0.25, -0.2) is 0 Å². The lowest BCUT2D eigenvalue weighted by Crippen LogP contribution is -2.15. The van der Waals surface area contributed by atoms with E-state index in [1.165, 1.54) is 10.9 Å². The highest BCUT2D eigenvalue weighted by molar-refractivity contribution is 6.00. The van der Waals surface area contributed by atoms with Gasteiger partial charge in [0.1, 0.15) is 5.82 Å². The van der Waals surface area contributed by atoms with Crippen LogP contribution in [-0.2, 0) is 7.05 Å². The van der Waals surface area contributed by atoms with Crippen LogP contribution in [0.2, 0.25) is 0 Å². The molecule has 2 heterocycles. The van der Waals surface area contributed by atoms with Crippen molar-refractivity contribution in [1.82, 2.24) is 14.3 Å². The molecule has 3 rings (SSSR count). The molecular weight excluding hydrogens is 228 g/mol. The van der Waals surface area contributed by atoms with Crippen LogP contribution >= 0.6 is 0 Å². The Morgan fingerprint density at radius 1 is 1.28 bits per heavy atom. The highest BCUT2D eigenvalue weighted by Crippen LogP contribution is 2.17. The van der Waals surface area contributed by atoms with E-state index in [9.17, 15) is 4.79 Å². The quantitative estimate of drug-likeness (QED) is 0.703. The first-order valence-corrected chi connectivity index (χ1v) is 5.56. The van der Waals surface area contributed by atoms with Crippen molar-refractivity contribution < 1.29 is 4.79 Å². The zero-order chi connectivity index (χ0) is 12.7. The fraction of sp³-hybridized carbons (Fsp3) is 0.0769. The van der Waals surface area contributed by atoms with Gasteiger partial charge in [0.2, 0.25) is 0 Å². The molecule has 0 unspecified atom stereocenters.